The smallest absolute Gasteiger partial charge is 0.306 e. The van der Waals surface area contributed by atoms with Gasteiger partial charge >= 0.3 is 5.97 Å². The molecular formula is C28H32N2O3. The van der Waals surface area contributed by atoms with Crippen LogP contribution in [0.15, 0.2) is 54.6 Å². The summed E-state index contributed by atoms with van der Waals surface area (Å²) >= 11 is 0. The van der Waals surface area contributed by atoms with Gasteiger partial charge < -0.3 is 9.47 Å². The van der Waals surface area contributed by atoms with Crippen molar-refractivity contribution in [3.05, 3.63) is 71.3 Å². The highest BCUT2D eigenvalue weighted by atomic mass is 16.5. The summed E-state index contributed by atoms with van der Waals surface area (Å²) in [6.07, 6.45) is 2.14. The summed E-state index contributed by atoms with van der Waals surface area (Å²) in [4.78, 5) is 12.5. The minimum absolute atomic E-state index is 0.0785. The zero-order chi connectivity index (χ0) is 23.7. The number of carbonyl (C=O) groups is 1. The van der Waals surface area contributed by atoms with Crippen molar-refractivity contribution >= 4 is 5.97 Å². The molecule has 0 bridgehead atoms. The summed E-state index contributed by atoms with van der Waals surface area (Å²) in [6, 6.07) is 22.8. The quantitative estimate of drug-likeness (QED) is 0.547. The Hall–Kier alpha value is -3.15. The molecule has 1 aliphatic rings. The van der Waals surface area contributed by atoms with Gasteiger partial charge in [0.15, 0.2) is 5.41 Å². The van der Waals surface area contributed by atoms with Gasteiger partial charge in [-0.2, -0.15) is 10.5 Å². The van der Waals surface area contributed by atoms with Crippen molar-refractivity contribution in [3.63, 3.8) is 0 Å². The molecule has 0 spiro atoms. The van der Waals surface area contributed by atoms with Crippen molar-refractivity contribution in [3.8, 4) is 12.1 Å². The van der Waals surface area contributed by atoms with Crippen molar-refractivity contribution in [2.45, 2.75) is 51.4 Å². The van der Waals surface area contributed by atoms with E-state index in [0.717, 1.165) is 17.5 Å². The van der Waals surface area contributed by atoms with E-state index in [9.17, 15) is 15.3 Å². The van der Waals surface area contributed by atoms with Gasteiger partial charge in [0, 0.05) is 17.8 Å². The molecule has 1 heterocycles. The first-order chi connectivity index (χ1) is 16.1. The van der Waals surface area contributed by atoms with Crippen molar-refractivity contribution in [2.75, 3.05) is 19.8 Å². The number of carbonyl (C=O) groups excluding carboxylic acids is 1. The predicted octanol–water partition coefficient (Wildman–Crippen LogP) is 5.53. The molecular weight excluding hydrogens is 412 g/mol. The fourth-order valence-electron chi connectivity index (χ4n) is 4.89. The van der Waals surface area contributed by atoms with Gasteiger partial charge in [0.25, 0.3) is 0 Å². The van der Waals surface area contributed by atoms with Gasteiger partial charge in [0.2, 0.25) is 0 Å². The van der Waals surface area contributed by atoms with E-state index in [1.165, 1.54) is 5.56 Å². The molecule has 33 heavy (non-hydrogen) atoms. The zero-order valence-corrected chi connectivity index (χ0v) is 19.5. The molecule has 2 aromatic carbocycles. The van der Waals surface area contributed by atoms with Crippen LogP contribution < -0.4 is 0 Å². The molecule has 1 fully saturated rings. The lowest BCUT2D eigenvalue weighted by Crippen LogP contribution is -2.35. The van der Waals surface area contributed by atoms with Crippen LogP contribution in [0.25, 0.3) is 0 Å². The first kappa shape index (κ1) is 24.5. The summed E-state index contributed by atoms with van der Waals surface area (Å²) in [6.45, 7) is 4.96. The van der Waals surface area contributed by atoms with Gasteiger partial charge in [0.05, 0.1) is 38.4 Å². The molecule has 0 saturated carbocycles. The van der Waals surface area contributed by atoms with Gasteiger partial charge in [-0.15, -0.1) is 0 Å². The topological polar surface area (TPSA) is 83.1 Å². The van der Waals surface area contributed by atoms with E-state index in [1.54, 1.807) is 6.92 Å². The minimum Gasteiger partial charge on any atom is -0.466 e. The molecule has 1 aliphatic heterocycles. The van der Waals surface area contributed by atoms with E-state index in [0.29, 0.717) is 26.1 Å². The molecule has 1 saturated heterocycles. The maximum atomic E-state index is 12.5. The van der Waals surface area contributed by atoms with Crippen LogP contribution in [-0.2, 0) is 20.7 Å². The molecule has 5 nitrogen and oxygen atoms in total. The number of nitrogens with zero attached hydrogens (tertiary/aromatic N) is 2. The largest absolute Gasteiger partial charge is 0.466 e. The number of rotatable bonds is 6. The third-order valence-corrected chi connectivity index (χ3v) is 6.69. The molecule has 0 aromatic heterocycles. The van der Waals surface area contributed by atoms with Crippen LogP contribution in [0, 0.1) is 34.0 Å². The van der Waals surface area contributed by atoms with Crippen LogP contribution in [0.2, 0.25) is 0 Å². The molecule has 2 aromatic rings. The molecule has 0 N–H and O–H groups in total. The average molecular weight is 445 g/mol. The number of benzene rings is 2. The number of esters is 1. The van der Waals surface area contributed by atoms with E-state index in [1.807, 2.05) is 30.3 Å². The predicted molar refractivity (Wildman–Crippen MR) is 126 cm³/mol. The van der Waals surface area contributed by atoms with Crippen LogP contribution in [0.3, 0.4) is 0 Å². The van der Waals surface area contributed by atoms with Crippen LogP contribution in [0.4, 0.5) is 0 Å². The van der Waals surface area contributed by atoms with Crippen molar-refractivity contribution in [1.29, 1.82) is 10.5 Å². The number of aryl methyl sites for hydroxylation is 1. The number of hydrogen-bond donors (Lipinski definition) is 0. The lowest BCUT2D eigenvalue weighted by atomic mass is 9.64. The second-order valence-electron chi connectivity index (χ2n) is 8.72. The highest BCUT2D eigenvalue weighted by Crippen LogP contribution is 2.47. The first-order valence-corrected chi connectivity index (χ1v) is 11.8. The Morgan fingerprint density at radius 1 is 1.03 bits per heavy atom. The summed E-state index contributed by atoms with van der Waals surface area (Å²) in [5.74, 6) is -1.05. The zero-order valence-electron chi connectivity index (χ0n) is 19.5. The van der Waals surface area contributed by atoms with Crippen LogP contribution in [-0.4, -0.2) is 25.8 Å². The van der Waals surface area contributed by atoms with E-state index in [-0.39, 0.29) is 30.8 Å². The van der Waals surface area contributed by atoms with Gasteiger partial charge in [0.1, 0.15) is 0 Å². The van der Waals surface area contributed by atoms with Crippen LogP contribution >= 0.6 is 0 Å². The van der Waals surface area contributed by atoms with E-state index in [4.69, 9.17) is 9.47 Å². The number of nitriles is 2. The number of ether oxygens (including phenoxy) is 2. The van der Waals surface area contributed by atoms with E-state index < -0.39 is 11.3 Å². The maximum Gasteiger partial charge on any atom is 0.306 e. The fourth-order valence-corrected chi connectivity index (χ4v) is 4.89. The first-order valence-electron chi connectivity index (χ1n) is 11.8. The summed E-state index contributed by atoms with van der Waals surface area (Å²) in [5, 5.41) is 20.7. The second kappa shape index (κ2) is 11.6. The molecule has 3 unspecified atom stereocenters. The maximum absolute atomic E-state index is 12.5. The van der Waals surface area contributed by atoms with Gasteiger partial charge in [-0.1, -0.05) is 61.5 Å². The van der Waals surface area contributed by atoms with Gasteiger partial charge in [-0.3, -0.25) is 4.79 Å². The van der Waals surface area contributed by atoms with Gasteiger partial charge in [-0.05, 0) is 42.9 Å². The molecule has 3 atom stereocenters. The Kier molecular flexibility index (Phi) is 8.64. The third kappa shape index (κ3) is 5.81. The Morgan fingerprint density at radius 3 is 2.33 bits per heavy atom. The molecule has 0 aliphatic carbocycles. The minimum atomic E-state index is -1.27. The van der Waals surface area contributed by atoms with Crippen molar-refractivity contribution in [1.82, 2.24) is 0 Å². The molecule has 5 heteroatoms. The Bertz CT molecular complexity index is 975. The summed E-state index contributed by atoms with van der Waals surface area (Å²) in [7, 11) is 0. The second-order valence-corrected chi connectivity index (χ2v) is 8.72. The number of hydrogen-bond acceptors (Lipinski definition) is 5. The van der Waals surface area contributed by atoms with Crippen LogP contribution in [0.5, 0.6) is 0 Å². The third-order valence-electron chi connectivity index (χ3n) is 6.69. The Morgan fingerprint density at radius 2 is 1.73 bits per heavy atom. The van der Waals surface area contributed by atoms with Gasteiger partial charge in [-0.25, -0.2) is 0 Å². The summed E-state index contributed by atoms with van der Waals surface area (Å²) in [5.41, 5.74) is 2.03. The standard InChI is InChI=1S/C28H32N2O3/c1-3-21-10-12-22(13-11-21)24-14-15-28(19-29,20-30)27(23-8-6-5-7-9-23)25(18-32-17-24)16-26(31)33-4-2/h5-13,24-25,27H,3-4,14-18H2,1-2H3. The highest BCUT2D eigenvalue weighted by Gasteiger charge is 2.46. The van der Waals surface area contributed by atoms with E-state index in [2.05, 4.69) is 43.3 Å². The summed E-state index contributed by atoms with van der Waals surface area (Å²) < 4.78 is 11.4. The van der Waals surface area contributed by atoms with Crippen LogP contribution in [0.1, 0.15) is 61.6 Å². The lowest BCUT2D eigenvalue weighted by Gasteiger charge is -2.35. The average Bonchev–Trinajstić information content (AvgIpc) is 2.92. The fraction of sp³-hybridized carbons (Fsp3) is 0.464. The molecule has 0 amide bonds. The molecule has 3 rings (SSSR count). The van der Waals surface area contributed by atoms with Crippen molar-refractivity contribution < 1.29 is 14.3 Å². The van der Waals surface area contributed by atoms with Crippen molar-refractivity contribution in [2.24, 2.45) is 11.3 Å². The monoisotopic (exact) mass is 444 g/mol. The molecule has 172 valence electrons. The lowest BCUT2D eigenvalue weighted by molar-refractivity contribution is -0.145. The Labute approximate surface area is 196 Å². The Balaban J connectivity index is 2.00. The highest BCUT2D eigenvalue weighted by molar-refractivity contribution is 5.70. The SMILES string of the molecule is CCOC(=O)CC1COCC(c2ccc(CC)cc2)CCC(C#N)(C#N)C1c1ccccc1. The normalized spacial score (nSPS) is 22.6. The van der Waals surface area contributed by atoms with E-state index >= 15 is 0 Å². The molecule has 0 radical (unpaired) electrons.